The molecule has 35 heavy (non-hydrogen) atoms. The first-order chi connectivity index (χ1) is 16.7. The quantitative estimate of drug-likeness (QED) is 0.348. The third-order valence-electron chi connectivity index (χ3n) is 5.28. The normalized spacial score (nSPS) is 11.3. The van der Waals surface area contributed by atoms with Crippen LogP contribution in [0, 0.1) is 6.92 Å². The van der Waals surface area contributed by atoms with Crippen LogP contribution in [0.4, 0.5) is 5.69 Å². The van der Waals surface area contributed by atoms with Gasteiger partial charge in [-0.15, -0.1) is 0 Å². The minimum atomic E-state index is -3.96. The molecule has 0 unspecified atom stereocenters. The third kappa shape index (κ3) is 7.47. The number of amides is 1. The topological polar surface area (TPSA) is 75.7 Å². The van der Waals surface area contributed by atoms with Crippen LogP contribution in [0.3, 0.4) is 0 Å². The fourth-order valence-electron chi connectivity index (χ4n) is 3.67. The van der Waals surface area contributed by atoms with Crippen molar-refractivity contribution in [2.75, 3.05) is 17.4 Å². The Labute approximate surface area is 212 Å². The van der Waals surface area contributed by atoms with Gasteiger partial charge in [-0.05, 0) is 87.2 Å². The highest BCUT2D eigenvalue weighted by Gasteiger charge is 2.28. The second-order valence-corrected chi connectivity index (χ2v) is 10.8. The van der Waals surface area contributed by atoms with Crippen molar-refractivity contribution in [1.82, 2.24) is 5.32 Å². The summed E-state index contributed by atoms with van der Waals surface area (Å²) < 4.78 is 33.7. The Kier molecular flexibility index (Phi) is 9.18. The van der Waals surface area contributed by atoms with Gasteiger partial charge >= 0.3 is 0 Å². The van der Waals surface area contributed by atoms with E-state index < -0.39 is 10.0 Å². The number of ether oxygens (including phenoxy) is 1. The van der Waals surface area contributed by atoms with Gasteiger partial charge in [0.25, 0.3) is 10.0 Å². The smallest absolute Gasteiger partial charge is 0.264 e. The van der Waals surface area contributed by atoms with Crippen LogP contribution in [0.5, 0.6) is 5.75 Å². The lowest BCUT2D eigenvalue weighted by molar-refractivity contribution is -0.119. The predicted molar refractivity (Wildman–Crippen MR) is 141 cm³/mol. The maximum atomic E-state index is 13.4. The van der Waals surface area contributed by atoms with E-state index in [2.05, 4.69) is 5.32 Å². The lowest BCUT2D eigenvalue weighted by Crippen LogP contribution is -2.41. The summed E-state index contributed by atoms with van der Waals surface area (Å²) in [6.07, 6.45) is 1.57. The van der Waals surface area contributed by atoms with Crippen LogP contribution in [-0.4, -0.2) is 33.5 Å². The zero-order valence-corrected chi connectivity index (χ0v) is 21.8. The van der Waals surface area contributed by atoms with E-state index in [1.54, 1.807) is 43.3 Å². The number of nitrogens with one attached hydrogen (secondary N) is 1. The monoisotopic (exact) mass is 514 g/mol. The zero-order chi connectivity index (χ0) is 25.4. The lowest BCUT2D eigenvalue weighted by atomic mass is 10.1. The molecule has 0 radical (unpaired) electrons. The predicted octanol–water partition coefficient (Wildman–Crippen LogP) is 5.38. The van der Waals surface area contributed by atoms with E-state index >= 15 is 0 Å². The maximum absolute atomic E-state index is 13.4. The van der Waals surface area contributed by atoms with E-state index in [0.717, 1.165) is 22.0 Å². The first-order valence-corrected chi connectivity index (χ1v) is 13.3. The Morgan fingerprint density at radius 3 is 2.46 bits per heavy atom. The van der Waals surface area contributed by atoms with E-state index in [4.69, 9.17) is 16.3 Å². The van der Waals surface area contributed by atoms with E-state index in [9.17, 15) is 13.2 Å². The molecule has 0 fully saturated rings. The maximum Gasteiger partial charge on any atom is 0.264 e. The molecule has 0 aliphatic carbocycles. The minimum Gasteiger partial charge on any atom is -0.491 e. The van der Waals surface area contributed by atoms with Gasteiger partial charge in [0.15, 0.2) is 0 Å². The largest absolute Gasteiger partial charge is 0.491 e. The summed E-state index contributed by atoms with van der Waals surface area (Å²) in [4.78, 5) is 12.9. The second kappa shape index (κ2) is 12.1. The average molecular weight is 515 g/mol. The van der Waals surface area contributed by atoms with Gasteiger partial charge in [0.05, 0.1) is 16.7 Å². The van der Waals surface area contributed by atoms with Crippen LogP contribution in [0.2, 0.25) is 5.02 Å². The van der Waals surface area contributed by atoms with E-state index in [1.807, 2.05) is 38.1 Å². The second-order valence-electron chi connectivity index (χ2n) is 8.52. The van der Waals surface area contributed by atoms with E-state index in [0.29, 0.717) is 29.2 Å². The van der Waals surface area contributed by atoms with Crippen LogP contribution >= 0.6 is 11.6 Å². The summed E-state index contributed by atoms with van der Waals surface area (Å²) in [7, 11) is -3.96. The molecule has 186 valence electrons. The highest BCUT2D eigenvalue weighted by Crippen LogP contribution is 2.28. The van der Waals surface area contributed by atoms with Crippen molar-refractivity contribution >= 4 is 33.2 Å². The molecule has 0 heterocycles. The molecule has 0 saturated carbocycles. The van der Waals surface area contributed by atoms with Crippen LogP contribution < -0.4 is 14.4 Å². The van der Waals surface area contributed by atoms with Crippen molar-refractivity contribution < 1.29 is 17.9 Å². The Hall–Kier alpha value is -3.03. The summed E-state index contributed by atoms with van der Waals surface area (Å²) in [5.74, 6) is 0.442. The molecule has 0 atom stereocenters. The molecule has 6 nitrogen and oxygen atoms in total. The number of rotatable bonds is 11. The Morgan fingerprint density at radius 1 is 1.03 bits per heavy atom. The van der Waals surface area contributed by atoms with Gasteiger partial charge in [-0.25, -0.2) is 8.42 Å². The number of halogens is 1. The molecule has 0 bridgehead atoms. The Morgan fingerprint density at radius 2 is 1.77 bits per heavy atom. The summed E-state index contributed by atoms with van der Waals surface area (Å²) in [6.45, 7) is 5.82. The van der Waals surface area contributed by atoms with Crippen molar-refractivity contribution in [3.63, 3.8) is 0 Å². The molecule has 0 aliphatic rings. The zero-order valence-electron chi connectivity index (χ0n) is 20.2. The van der Waals surface area contributed by atoms with Crippen molar-refractivity contribution in [1.29, 1.82) is 0 Å². The van der Waals surface area contributed by atoms with Crippen LogP contribution in [0.1, 0.15) is 31.4 Å². The molecule has 0 saturated heterocycles. The summed E-state index contributed by atoms with van der Waals surface area (Å²) >= 11 is 6.07. The number of carbonyl (C=O) groups excluding carboxylic acids is 1. The van der Waals surface area contributed by atoms with Gasteiger partial charge in [-0.1, -0.05) is 41.9 Å². The van der Waals surface area contributed by atoms with Gasteiger partial charge in [-0.3, -0.25) is 9.10 Å². The number of aryl methyl sites for hydroxylation is 2. The fourth-order valence-corrected chi connectivity index (χ4v) is 5.40. The van der Waals surface area contributed by atoms with Crippen LogP contribution in [-0.2, 0) is 21.2 Å². The molecule has 3 aromatic carbocycles. The Bertz CT molecular complexity index is 1250. The first-order valence-electron chi connectivity index (χ1n) is 11.5. The number of carbonyl (C=O) groups is 1. The summed E-state index contributed by atoms with van der Waals surface area (Å²) in [6, 6.07) is 20.9. The number of benzene rings is 3. The number of hydrogen-bond donors (Lipinski definition) is 1. The minimum absolute atomic E-state index is 0.101. The summed E-state index contributed by atoms with van der Waals surface area (Å²) in [5.41, 5.74) is 2.19. The summed E-state index contributed by atoms with van der Waals surface area (Å²) in [5, 5.41) is 3.35. The lowest BCUT2D eigenvalue weighted by Gasteiger charge is -2.25. The third-order valence-corrected chi connectivity index (χ3v) is 7.29. The molecule has 1 amide bonds. The molecule has 0 spiro atoms. The van der Waals surface area contributed by atoms with Gasteiger partial charge in [0.1, 0.15) is 12.3 Å². The Balaban J connectivity index is 1.67. The van der Waals surface area contributed by atoms with Gasteiger partial charge in [0, 0.05) is 11.6 Å². The van der Waals surface area contributed by atoms with Crippen LogP contribution in [0.25, 0.3) is 0 Å². The first kappa shape index (κ1) is 26.6. The molecular formula is C27H31ClN2O4S. The molecule has 0 aliphatic heterocycles. The van der Waals surface area contributed by atoms with Gasteiger partial charge in [0.2, 0.25) is 5.91 Å². The molecule has 0 aromatic heterocycles. The molecule has 8 heteroatoms. The van der Waals surface area contributed by atoms with Crippen molar-refractivity contribution in [2.24, 2.45) is 0 Å². The molecule has 1 N–H and O–H groups in total. The van der Waals surface area contributed by atoms with Crippen molar-refractivity contribution in [3.05, 3.63) is 88.9 Å². The number of hydrogen-bond acceptors (Lipinski definition) is 4. The van der Waals surface area contributed by atoms with Crippen molar-refractivity contribution in [2.45, 2.75) is 44.6 Å². The van der Waals surface area contributed by atoms with E-state index in [1.165, 1.54) is 12.1 Å². The number of nitrogens with zero attached hydrogens (tertiary/aromatic N) is 1. The van der Waals surface area contributed by atoms with Gasteiger partial charge < -0.3 is 10.1 Å². The molecular weight excluding hydrogens is 484 g/mol. The molecule has 3 aromatic rings. The van der Waals surface area contributed by atoms with E-state index in [-0.39, 0.29) is 23.5 Å². The standard InChI is InChI=1S/C27H31ClN2O4S/c1-20(2)34-24-11-7-9-22(18-24)10-8-16-29-27(31)19-30(26-15-14-23(28)17-21(26)3)35(32,33)25-12-5-4-6-13-25/h4-7,9,11-15,17-18,20H,8,10,16,19H2,1-3H3,(H,29,31). The average Bonchev–Trinajstić information content (AvgIpc) is 2.81. The van der Waals surface area contributed by atoms with Gasteiger partial charge in [-0.2, -0.15) is 0 Å². The number of anilines is 1. The highest BCUT2D eigenvalue weighted by molar-refractivity contribution is 7.92. The molecule has 3 rings (SSSR count). The highest BCUT2D eigenvalue weighted by atomic mass is 35.5. The fraction of sp³-hybridized carbons (Fsp3) is 0.296. The van der Waals surface area contributed by atoms with Crippen LogP contribution in [0.15, 0.2) is 77.7 Å². The van der Waals surface area contributed by atoms with Crippen molar-refractivity contribution in [3.8, 4) is 5.75 Å². The SMILES string of the molecule is Cc1cc(Cl)ccc1N(CC(=O)NCCCc1cccc(OC(C)C)c1)S(=O)(=O)c1ccccc1. The number of sulfonamides is 1.